The summed E-state index contributed by atoms with van der Waals surface area (Å²) >= 11 is 3.41. The molecule has 3 nitrogen and oxygen atoms in total. The molecule has 0 amide bonds. The molecule has 0 radical (unpaired) electrons. The largest absolute Gasteiger partial charge is 0.489 e. The molecule has 5 heteroatoms. The first kappa shape index (κ1) is 14.9. The van der Waals surface area contributed by atoms with Gasteiger partial charge in [0.2, 0.25) is 0 Å². The molecule has 1 aliphatic rings. The van der Waals surface area contributed by atoms with Crippen LogP contribution in [0.25, 0.3) is 0 Å². The van der Waals surface area contributed by atoms with Gasteiger partial charge in [0.25, 0.3) is 0 Å². The first-order valence-electron chi connectivity index (χ1n) is 6.72. The van der Waals surface area contributed by atoms with Crippen molar-refractivity contribution in [3.05, 3.63) is 22.7 Å². The molecule has 0 N–H and O–H groups in total. The highest BCUT2D eigenvalue weighted by Crippen LogP contribution is 2.31. The maximum Gasteiger partial charge on any atom is 0.178 e. The van der Waals surface area contributed by atoms with Crippen LogP contribution in [0.5, 0.6) is 5.75 Å². The van der Waals surface area contributed by atoms with Gasteiger partial charge in [0.15, 0.2) is 9.84 Å². The number of rotatable bonds is 4. The predicted octanol–water partition coefficient (Wildman–Crippen LogP) is 3.95. The monoisotopic (exact) mass is 346 g/mol. The van der Waals surface area contributed by atoms with E-state index in [1.165, 1.54) is 19.3 Å². The summed E-state index contributed by atoms with van der Waals surface area (Å²) in [7, 11) is -3.16. The molecule has 1 aromatic rings. The van der Waals surface area contributed by atoms with Crippen LogP contribution in [0.1, 0.15) is 39.0 Å². The number of sulfone groups is 1. The molecule has 0 aromatic heterocycles. The molecule has 0 bridgehead atoms. The van der Waals surface area contributed by atoms with Gasteiger partial charge in [-0.25, -0.2) is 8.42 Å². The third-order valence-corrected chi connectivity index (χ3v) is 5.84. The molecule has 0 unspecified atom stereocenters. The van der Waals surface area contributed by atoms with Gasteiger partial charge < -0.3 is 4.74 Å². The van der Waals surface area contributed by atoms with Gasteiger partial charge in [-0.15, -0.1) is 0 Å². The van der Waals surface area contributed by atoms with E-state index >= 15 is 0 Å². The van der Waals surface area contributed by atoms with E-state index in [2.05, 4.69) is 15.9 Å². The molecule has 0 aliphatic heterocycles. The lowest BCUT2D eigenvalue weighted by molar-refractivity contribution is 0.154. The van der Waals surface area contributed by atoms with Crippen molar-refractivity contribution >= 4 is 25.8 Å². The molecule has 106 valence electrons. The predicted molar refractivity (Wildman–Crippen MR) is 79.4 cm³/mol. The minimum Gasteiger partial charge on any atom is -0.489 e. The van der Waals surface area contributed by atoms with E-state index < -0.39 is 9.84 Å². The van der Waals surface area contributed by atoms with Gasteiger partial charge in [-0.2, -0.15) is 0 Å². The topological polar surface area (TPSA) is 43.4 Å². The highest BCUT2D eigenvalue weighted by atomic mass is 79.9. The van der Waals surface area contributed by atoms with Gasteiger partial charge in [0, 0.05) is 0 Å². The van der Waals surface area contributed by atoms with Crippen LogP contribution in [0.4, 0.5) is 0 Å². The van der Waals surface area contributed by atoms with Crippen LogP contribution < -0.4 is 4.74 Å². The van der Waals surface area contributed by atoms with Crippen LogP contribution in [0.15, 0.2) is 27.6 Å². The quantitative estimate of drug-likeness (QED) is 0.828. The third-order valence-electron chi connectivity index (χ3n) is 3.49. The average Bonchev–Trinajstić information content (AvgIpc) is 2.42. The fraction of sp³-hybridized carbons (Fsp3) is 0.571. The van der Waals surface area contributed by atoms with E-state index in [-0.39, 0.29) is 11.9 Å². The van der Waals surface area contributed by atoms with E-state index in [1.807, 2.05) is 0 Å². The second-order valence-corrected chi connectivity index (χ2v) is 8.01. The molecule has 1 aromatic carbocycles. The van der Waals surface area contributed by atoms with E-state index in [0.29, 0.717) is 9.37 Å². The molecular formula is C14H19BrO3S. The number of hydrogen-bond acceptors (Lipinski definition) is 3. The molecule has 0 heterocycles. The molecule has 0 spiro atoms. The molecule has 1 fully saturated rings. The second kappa shape index (κ2) is 6.27. The maximum absolute atomic E-state index is 11.8. The summed E-state index contributed by atoms with van der Waals surface area (Å²) in [6.45, 7) is 1.65. The Morgan fingerprint density at radius 3 is 2.53 bits per heavy atom. The maximum atomic E-state index is 11.8. The summed E-state index contributed by atoms with van der Waals surface area (Å²) in [5.41, 5.74) is 0. The zero-order valence-electron chi connectivity index (χ0n) is 11.1. The zero-order valence-corrected chi connectivity index (χ0v) is 13.5. The van der Waals surface area contributed by atoms with Crippen LogP contribution in [0.3, 0.4) is 0 Å². The third kappa shape index (κ3) is 3.72. The molecular weight excluding hydrogens is 328 g/mol. The number of benzene rings is 1. The summed E-state index contributed by atoms with van der Waals surface area (Å²) in [4.78, 5) is 0.345. The number of hydrogen-bond donors (Lipinski definition) is 0. The van der Waals surface area contributed by atoms with Crippen molar-refractivity contribution in [1.29, 1.82) is 0 Å². The molecule has 19 heavy (non-hydrogen) atoms. The van der Waals surface area contributed by atoms with Gasteiger partial charge in [-0.05, 0) is 59.8 Å². The van der Waals surface area contributed by atoms with Crippen molar-refractivity contribution in [2.24, 2.45) is 0 Å². The smallest absolute Gasteiger partial charge is 0.178 e. The van der Waals surface area contributed by atoms with Crippen LogP contribution in [0.2, 0.25) is 0 Å². The standard InChI is InChI=1S/C14H19BrO3S/c1-2-19(16,17)12-8-9-14(13(15)10-12)18-11-6-4-3-5-7-11/h8-11H,2-7H2,1H3. The molecule has 0 atom stereocenters. The lowest BCUT2D eigenvalue weighted by atomic mass is 9.98. The Hall–Kier alpha value is -0.550. The van der Waals surface area contributed by atoms with Crippen molar-refractivity contribution in [3.8, 4) is 5.75 Å². The van der Waals surface area contributed by atoms with Gasteiger partial charge in [-0.1, -0.05) is 13.3 Å². The Balaban J connectivity index is 2.15. The number of ether oxygens (including phenoxy) is 1. The minimum absolute atomic E-state index is 0.113. The van der Waals surface area contributed by atoms with Crippen LogP contribution in [-0.2, 0) is 9.84 Å². The number of halogens is 1. The highest BCUT2D eigenvalue weighted by Gasteiger charge is 2.18. The second-order valence-electron chi connectivity index (χ2n) is 4.87. The average molecular weight is 347 g/mol. The Kier molecular flexibility index (Phi) is 4.90. The van der Waals surface area contributed by atoms with Crippen molar-refractivity contribution in [2.75, 3.05) is 5.75 Å². The Morgan fingerprint density at radius 1 is 1.26 bits per heavy atom. The van der Waals surface area contributed by atoms with Gasteiger partial charge in [0.1, 0.15) is 5.75 Å². The lowest BCUT2D eigenvalue weighted by Crippen LogP contribution is -2.19. The summed E-state index contributed by atoms with van der Waals surface area (Å²) < 4.78 is 30.2. The minimum atomic E-state index is -3.16. The van der Waals surface area contributed by atoms with Gasteiger partial charge >= 0.3 is 0 Å². The summed E-state index contributed by atoms with van der Waals surface area (Å²) in [5, 5.41) is 0. The van der Waals surface area contributed by atoms with Gasteiger partial charge in [-0.3, -0.25) is 0 Å². The first-order valence-corrected chi connectivity index (χ1v) is 9.16. The van der Waals surface area contributed by atoms with E-state index in [4.69, 9.17) is 4.74 Å². The van der Waals surface area contributed by atoms with Crippen LogP contribution in [0, 0.1) is 0 Å². The normalized spacial score (nSPS) is 17.4. The van der Waals surface area contributed by atoms with E-state index in [9.17, 15) is 8.42 Å². The van der Waals surface area contributed by atoms with Crippen molar-refractivity contribution in [2.45, 2.75) is 50.0 Å². The molecule has 1 aliphatic carbocycles. The lowest BCUT2D eigenvalue weighted by Gasteiger charge is -2.23. The van der Waals surface area contributed by atoms with E-state index in [1.54, 1.807) is 25.1 Å². The first-order chi connectivity index (χ1) is 9.03. The SMILES string of the molecule is CCS(=O)(=O)c1ccc(OC2CCCCC2)c(Br)c1. The fourth-order valence-electron chi connectivity index (χ4n) is 2.30. The summed E-state index contributed by atoms with van der Waals surface area (Å²) in [5.74, 6) is 0.851. The van der Waals surface area contributed by atoms with E-state index in [0.717, 1.165) is 18.6 Å². The Bertz CT molecular complexity index is 534. The summed E-state index contributed by atoms with van der Waals surface area (Å²) in [6.07, 6.45) is 6.14. The Labute approximate surface area is 123 Å². The van der Waals surface area contributed by atoms with Crippen LogP contribution in [-0.4, -0.2) is 20.3 Å². The summed E-state index contributed by atoms with van der Waals surface area (Å²) in [6, 6.07) is 5.01. The fourth-order valence-corrected chi connectivity index (χ4v) is 3.83. The Morgan fingerprint density at radius 2 is 1.95 bits per heavy atom. The van der Waals surface area contributed by atoms with Gasteiger partial charge in [0.05, 0.1) is 21.2 Å². The molecule has 1 saturated carbocycles. The van der Waals surface area contributed by atoms with Crippen molar-refractivity contribution in [3.63, 3.8) is 0 Å². The highest BCUT2D eigenvalue weighted by molar-refractivity contribution is 9.10. The zero-order chi connectivity index (χ0) is 13.9. The van der Waals surface area contributed by atoms with Crippen molar-refractivity contribution < 1.29 is 13.2 Å². The molecule has 0 saturated heterocycles. The van der Waals surface area contributed by atoms with Crippen molar-refractivity contribution in [1.82, 2.24) is 0 Å². The molecule has 2 rings (SSSR count). The van der Waals surface area contributed by atoms with Crippen LogP contribution >= 0.6 is 15.9 Å².